The first kappa shape index (κ1) is 18.0. The number of alkyl halides is 3. The van der Waals surface area contributed by atoms with Crippen molar-refractivity contribution in [3.63, 3.8) is 0 Å². The monoisotopic (exact) mass is 336 g/mol. The first-order valence-corrected chi connectivity index (χ1v) is 7.45. The van der Waals surface area contributed by atoms with Crippen LogP contribution in [0.25, 0.3) is 0 Å². The Balaban J connectivity index is 2.00. The van der Waals surface area contributed by atoms with Crippen molar-refractivity contribution < 1.29 is 18.0 Å². The molecule has 0 radical (unpaired) electrons. The highest BCUT2D eigenvalue weighted by Crippen LogP contribution is 2.29. The quantitative estimate of drug-likeness (QED) is 0.903. The van der Waals surface area contributed by atoms with E-state index in [0.29, 0.717) is 24.2 Å². The minimum absolute atomic E-state index is 0.154. The van der Waals surface area contributed by atoms with E-state index in [1.54, 1.807) is 25.2 Å². The number of halogens is 3. The molecule has 128 valence electrons. The Morgan fingerprint density at radius 2 is 1.67 bits per heavy atom. The van der Waals surface area contributed by atoms with E-state index in [4.69, 9.17) is 0 Å². The normalized spacial score (nSPS) is 11.6. The fourth-order valence-corrected chi connectivity index (χ4v) is 2.43. The highest BCUT2D eigenvalue weighted by atomic mass is 19.4. The third-order valence-electron chi connectivity index (χ3n) is 3.60. The second kappa shape index (κ2) is 7.49. The molecule has 2 aromatic rings. The number of nitrogens with zero attached hydrogens (tertiary/aromatic N) is 1. The molecule has 1 N–H and O–H groups in total. The van der Waals surface area contributed by atoms with E-state index in [9.17, 15) is 18.0 Å². The molecule has 2 aromatic carbocycles. The van der Waals surface area contributed by atoms with Crippen LogP contribution in [0.15, 0.2) is 48.5 Å². The number of nitrogens with one attached hydrogen (secondary N) is 1. The molecule has 0 aliphatic carbocycles. The van der Waals surface area contributed by atoms with E-state index in [1.807, 2.05) is 24.1 Å². The van der Waals surface area contributed by atoms with Crippen LogP contribution in [-0.2, 0) is 19.3 Å². The Hall–Kier alpha value is -2.34. The van der Waals surface area contributed by atoms with Crippen LogP contribution in [0.1, 0.15) is 27.0 Å². The van der Waals surface area contributed by atoms with Crippen molar-refractivity contribution >= 4 is 5.91 Å². The van der Waals surface area contributed by atoms with Gasteiger partial charge in [0, 0.05) is 25.7 Å². The molecule has 0 saturated carbocycles. The van der Waals surface area contributed by atoms with Crippen LogP contribution >= 0.6 is 0 Å². The first-order chi connectivity index (χ1) is 11.3. The summed E-state index contributed by atoms with van der Waals surface area (Å²) in [7, 11) is 3.41. The van der Waals surface area contributed by atoms with Crippen LogP contribution in [0.4, 0.5) is 13.2 Å². The van der Waals surface area contributed by atoms with E-state index in [-0.39, 0.29) is 5.91 Å². The Labute approximate surface area is 139 Å². The lowest BCUT2D eigenvalue weighted by molar-refractivity contribution is -0.137. The van der Waals surface area contributed by atoms with Gasteiger partial charge in [-0.1, -0.05) is 30.3 Å². The molecule has 24 heavy (non-hydrogen) atoms. The molecule has 0 bridgehead atoms. The minimum Gasteiger partial charge on any atom is -0.355 e. The Morgan fingerprint density at radius 1 is 1.04 bits per heavy atom. The Morgan fingerprint density at radius 3 is 2.25 bits per heavy atom. The van der Waals surface area contributed by atoms with E-state index < -0.39 is 11.7 Å². The van der Waals surface area contributed by atoms with Gasteiger partial charge in [-0.3, -0.25) is 9.69 Å². The van der Waals surface area contributed by atoms with Crippen LogP contribution in [0, 0.1) is 0 Å². The van der Waals surface area contributed by atoms with Gasteiger partial charge in [0.05, 0.1) is 5.56 Å². The van der Waals surface area contributed by atoms with E-state index in [1.165, 1.54) is 12.1 Å². The van der Waals surface area contributed by atoms with Gasteiger partial charge < -0.3 is 5.32 Å². The van der Waals surface area contributed by atoms with Crippen molar-refractivity contribution in [1.29, 1.82) is 0 Å². The van der Waals surface area contributed by atoms with E-state index in [0.717, 1.165) is 11.6 Å². The molecule has 0 aliphatic rings. The van der Waals surface area contributed by atoms with Gasteiger partial charge in [0.15, 0.2) is 0 Å². The van der Waals surface area contributed by atoms with Gasteiger partial charge in [0.1, 0.15) is 0 Å². The molecule has 0 unspecified atom stereocenters. The topological polar surface area (TPSA) is 32.3 Å². The predicted octanol–water partition coefficient (Wildman–Crippen LogP) is 3.70. The molecular formula is C18H19F3N2O. The second-order valence-electron chi connectivity index (χ2n) is 5.65. The SMILES string of the molecule is CNC(=O)c1ccc(CN(C)Cc2cccc(C(F)(F)F)c2)cc1. The van der Waals surface area contributed by atoms with Gasteiger partial charge in [0.25, 0.3) is 5.91 Å². The van der Waals surface area contributed by atoms with Crippen molar-refractivity contribution in [2.45, 2.75) is 19.3 Å². The predicted molar refractivity (Wildman–Crippen MR) is 86.4 cm³/mol. The standard InChI is InChI=1S/C18H19F3N2O/c1-22-17(24)15-8-6-13(7-9-15)11-23(2)12-14-4-3-5-16(10-14)18(19,20)21/h3-10H,11-12H2,1-2H3,(H,22,24). The van der Waals surface area contributed by atoms with Crippen molar-refractivity contribution in [2.24, 2.45) is 0 Å². The number of amides is 1. The zero-order valence-corrected chi connectivity index (χ0v) is 13.5. The molecule has 0 aromatic heterocycles. The summed E-state index contributed by atoms with van der Waals surface area (Å²) in [6.07, 6.45) is -4.33. The smallest absolute Gasteiger partial charge is 0.355 e. The summed E-state index contributed by atoms with van der Waals surface area (Å²) in [5.74, 6) is -0.154. The number of rotatable bonds is 5. The van der Waals surface area contributed by atoms with Gasteiger partial charge in [0.2, 0.25) is 0 Å². The third kappa shape index (κ3) is 4.83. The lowest BCUT2D eigenvalue weighted by Gasteiger charge is -2.18. The van der Waals surface area contributed by atoms with Crippen LogP contribution in [0.2, 0.25) is 0 Å². The fourth-order valence-electron chi connectivity index (χ4n) is 2.43. The zero-order valence-electron chi connectivity index (χ0n) is 13.5. The number of benzene rings is 2. The van der Waals surface area contributed by atoms with Gasteiger partial charge in [-0.2, -0.15) is 13.2 Å². The van der Waals surface area contributed by atoms with Crippen LogP contribution < -0.4 is 5.32 Å². The summed E-state index contributed by atoms with van der Waals surface area (Å²) < 4.78 is 38.2. The average molecular weight is 336 g/mol. The van der Waals surface area contributed by atoms with Crippen molar-refractivity contribution in [2.75, 3.05) is 14.1 Å². The molecular weight excluding hydrogens is 317 g/mol. The zero-order chi connectivity index (χ0) is 17.7. The third-order valence-corrected chi connectivity index (χ3v) is 3.60. The maximum Gasteiger partial charge on any atom is 0.416 e. The largest absolute Gasteiger partial charge is 0.416 e. The highest BCUT2D eigenvalue weighted by Gasteiger charge is 2.30. The van der Waals surface area contributed by atoms with Gasteiger partial charge in [-0.25, -0.2) is 0 Å². The molecule has 6 heteroatoms. The highest BCUT2D eigenvalue weighted by molar-refractivity contribution is 5.93. The molecule has 0 aliphatic heterocycles. The molecule has 0 spiro atoms. The molecule has 1 amide bonds. The minimum atomic E-state index is -4.33. The summed E-state index contributed by atoms with van der Waals surface area (Å²) in [5.41, 5.74) is 1.52. The Kier molecular flexibility index (Phi) is 5.62. The molecule has 0 heterocycles. The molecule has 0 saturated heterocycles. The summed E-state index contributed by atoms with van der Waals surface area (Å²) in [6, 6.07) is 12.5. The van der Waals surface area contributed by atoms with E-state index in [2.05, 4.69) is 5.32 Å². The molecule has 0 fully saturated rings. The van der Waals surface area contributed by atoms with Gasteiger partial charge in [-0.05, 0) is 36.4 Å². The summed E-state index contributed by atoms with van der Waals surface area (Å²) in [6.45, 7) is 0.978. The first-order valence-electron chi connectivity index (χ1n) is 7.45. The maximum atomic E-state index is 12.7. The number of hydrogen-bond acceptors (Lipinski definition) is 2. The van der Waals surface area contributed by atoms with Crippen LogP contribution in [-0.4, -0.2) is 24.9 Å². The lowest BCUT2D eigenvalue weighted by Crippen LogP contribution is -2.19. The van der Waals surface area contributed by atoms with Crippen molar-refractivity contribution in [3.8, 4) is 0 Å². The maximum absolute atomic E-state index is 12.7. The lowest BCUT2D eigenvalue weighted by atomic mass is 10.1. The van der Waals surface area contributed by atoms with Crippen molar-refractivity contribution in [1.82, 2.24) is 10.2 Å². The number of carbonyl (C=O) groups is 1. The molecule has 3 nitrogen and oxygen atoms in total. The van der Waals surface area contributed by atoms with Gasteiger partial charge in [-0.15, -0.1) is 0 Å². The summed E-state index contributed by atoms with van der Waals surface area (Å²) >= 11 is 0. The fraction of sp³-hybridized carbons (Fsp3) is 0.278. The Bertz CT molecular complexity index is 696. The average Bonchev–Trinajstić information content (AvgIpc) is 2.54. The van der Waals surface area contributed by atoms with Crippen LogP contribution in [0.5, 0.6) is 0 Å². The molecule has 2 rings (SSSR count). The summed E-state index contributed by atoms with van der Waals surface area (Å²) in [4.78, 5) is 13.4. The van der Waals surface area contributed by atoms with E-state index >= 15 is 0 Å². The van der Waals surface area contributed by atoms with Gasteiger partial charge >= 0.3 is 6.18 Å². The summed E-state index contributed by atoms with van der Waals surface area (Å²) in [5, 5.41) is 2.55. The van der Waals surface area contributed by atoms with Crippen molar-refractivity contribution in [3.05, 3.63) is 70.8 Å². The number of carbonyl (C=O) groups excluding carboxylic acids is 1. The molecule has 0 atom stereocenters. The number of hydrogen-bond donors (Lipinski definition) is 1. The van der Waals surface area contributed by atoms with Crippen LogP contribution in [0.3, 0.4) is 0 Å². The second-order valence-corrected chi connectivity index (χ2v) is 5.65.